The third-order valence-electron chi connectivity index (χ3n) is 4.72. The fourth-order valence-electron chi connectivity index (χ4n) is 3.52. The van der Waals surface area contributed by atoms with E-state index in [1.165, 1.54) is 7.11 Å². The maximum absolute atomic E-state index is 12.1. The number of piperidine rings is 1. The third kappa shape index (κ3) is 4.72. The number of rotatable bonds is 4. The Labute approximate surface area is 173 Å². The fourth-order valence-corrected chi connectivity index (χ4v) is 3.88. The Kier molecular flexibility index (Phi) is 6.09. The maximum atomic E-state index is 12.1. The number of carbonyl (C=O) groups is 2. The van der Waals surface area contributed by atoms with Crippen molar-refractivity contribution in [3.8, 4) is 0 Å². The highest BCUT2D eigenvalue weighted by Gasteiger charge is 2.27. The van der Waals surface area contributed by atoms with Crippen LogP contribution in [0, 0.1) is 0 Å². The summed E-state index contributed by atoms with van der Waals surface area (Å²) in [4.78, 5) is 26.3. The average molecular weight is 452 g/mol. The largest absolute Gasteiger partial charge is 0.464 e. The van der Waals surface area contributed by atoms with Crippen LogP contribution in [0.5, 0.6) is 0 Å². The van der Waals surface area contributed by atoms with Gasteiger partial charge in [0.15, 0.2) is 5.69 Å². The molecule has 0 radical (unpaired) electrons. The van der Waals surface area contributed by atoms with Gasteiger partial charge < -0.3 is 9.47 Å². The number of hydrogen-bond acceptors (Lipinski definition) is 6. The molecule has 28 heavy (non-hydrogen) atoms. The van der Waals surface area contributed by atoms with Crippen molar-refractivity contribution in [2.24, 2.45) is 0 Å². The summed E-state index contributed by atoms with van der Waals surface area (Å²) in [5.74, 6) is -0.641. The van der Waals surface area contributed by atoms with Gasteiger partial charge in [-0.2, -0.15) is 5.10 Å². The first-order valence-corrected chi connectivity index (χ1v) is 10.2. The normalized spacial score (nSPS) is 16.3. The van der Waals surface area contributed by atoms with Crippen LogP contribution in [0.25, 0.3) is 10.9 Å². The number of methoxy groups -OCH3 is 1. The van der Waals surface area contributed by atoms with E-state index in [0.717, 1.165) is 41.3 Å². The molecule has 0 saturated carbocycles. The predicted molar refractivity (Wildman–Crippen MR) is 109 cm³/mol. The number of likely N-dealkylation sites (tertiary alicyclic amines) is 1. The van der Waals surface area contributed by atoms with Gasteiger partial charge in [-0.15, -0.1) is 0 Å². The molecule has 0 spiro atoms. The van der Waals surface area contributed by atoms with Crippen LogP contribution >= 0.6 is 15.9 Å². The van der Waals surface area contributed by atoms with Gasteiger partial charge in [0.05, 0.1) is 25.2 Å². The van der Waals surface area contributed by atoms with Gasteiger partial charge in [0.2, 0.25) is 0 Å². The highest BCUT2D eigenvalue weighted by molar-refractivity contribution is 9.10. The quantitative estimate of drug-likeness (QED) is 0.661. The lowest BCUT2D eigenvalue weighted by molar-refractivity contribution is -0.156. The fraction of sp³-hybridized carbons (Fsp3) is 0.550. The van der Waals surface area contributed by atoms with Gasteiger partial charge in [-0.1, -0.05) is 15.9 Å². The first kappa shape index (κ1) is 20.8. The number of benzene rings is 1. The first-order chi connectivity index (χ1) is 13.2. The Morgan fingerprint density at radius 2 is 1.93 bits per heavy atom. The molecule has 1 aromatic heterocycles. The number of carbonyl (C=O) groups excluding carboxylic acids is 2. The molecule has 3 rings (SSSR count). The van der Waals surface area contributed by atoms with E-state index in [4.69, 9.17) is 9.47 Å². The number of nitrogens with zero attached hydrogens (tertiary/aromatic N) is 3. The van der Waals surface area contributed by atoms with Gasteiger partial charge in [0.25, 0.3) is 0 Å². The number of aromatic nitrogens is 2. The van der Waals surface area contributed by atoms with Crippen LogP contribution in [0.15, 0.2) is 22.7 Å². The summed E-state index contributed by atoms with van der Waals surface area (Å²) in [6.45, 7) is 7.46. The molecule has 0 bridgehead atoms. The van der Waals surface area contributed by atoms with Crippen LogP contribution in [-0.2, 0) is 14.3 Å². The van der Waals surface area contributed by atoms with E-state index in [2.05, 4.69) is 25.9 Å². The van der Waals surface area contributed by atoms with E-state index in [1.54, 1.807) is 0 Å². The lowest BCUT2D eigenvalue weighted by atomic mass is 10.0. The second-order valence-electron chi connectivity index (χ2n) is 8.04. The van der Waals surface area contributed by atoms with Gasteiger partial charge in [-0.05, 0) is 51.8 Å². The number of ether oxygens (including phenoxy) is 2. The minimum atomic E-state index is -0.470. The Bertz CT molecular complexity index is 879. The lowest BCUT2D eigenvalue weighted by Gasteiger charge is -2.32. The molecule has 1 aliphatic heterocycles. The molecule has 0 N–H and O–H groups in total. The Balaban J connectivity index is 1.73. The molecule has 1 aromatic carbocycles. The van der Waals surface area contributed by atoms with Gasteiger partial charge >= 0.3 is 11.9 Å². The SMILES string of the molecule is COC(=O)c1nn(C2CCN(CC(=O)OC(C)(C)C)CC2)c2ccc(Br)cc12. The minimum absolute atomic E-state index is 0.164. The zero-order valence-electron chi connectivity index (χ0n) is 16.7. The molecule has 7 nitrogen and oxygen atoms in total. The van der Waals surface area contributed by atoms with Gasteiger partial charge in [-0.25, -0.2) is 4.79 Å². The molecule has 8 heteroatoms. The molecule has 0 amide bonds. The zero-order chi connectivity index (χ0) is 20.5. The summed E-state index contributed by atoms with van der Waals surface area (Å²) in [5, 5.41) is 5.35. The Morgan fingerprint density at radius 3 is 2.54 bits per heavy atom. The van der Waals surface area contributed by atoms with Gasteiger partial charge in [-0.3, -0.25) is 14.4 Å². The molecule has 1 fully saturated rings. The van der Waals surface area contributed by atoms with E-state index in [9.17, 15) is 9.59 Å². The Morgan fingerprint density at radius 1 is 1.25 bits per heavy atom. The molecule has 0 atom stereocenters. The number of halogens is 1. The third-order valence-corrected chi connectivity index (χ3v) is 5.22. The second kappa shape index (κ2) is 8.21. The minimum Gasteiger partial charge on any atom is -0.464 e. The zero-order valence-corrected chi connectivity index (χ0v) is 18.3. The molecular formula is C20H26BrN3O4. The van der Waals surface area contributed by atoms with Crippen molar-refractivity contribution in [2.75, 3.05) is 26.7 Å². The van der Waals surface area contributed by atoms with E-state index in [0.29, 0.717) is 12.2 Å². The standard InChI is InChI=1S/C20H26BrN3O4/c1-20(2,3)28-17(25)12-23-9-7-14(8-10-23)24-16-6-5-13(21)11-15(16)18(22-24)19(26)27-4/h5-6,11,14H,7-10,12H2,1-4H3. The van der Waals surface area contributed by atoms with Crippen molar-refractivity contribution in [1.29, 1.82) is 0 Å². The molecule has 0 aliphatic carbocycles. The summed E-state index contributed by atoms with van der Waals surface area (Å²) in [7, 11) is 1.36. The number of esters is 2. The monoisotopic (exact) mass is 451 g/mol. The van der Waals surface area contributed by atoms with Gasteiger partial charge in [0.1, 0.15) is 5.60 Å². The number of fused-ring (bicyclic) bond motifs is 1. The molecule has 2 heterocycles. The van der Waals surface area contributed by atoms with Crippen molar-refractivity contribution in [1.82, 2.24) is 14.7 Å². The topological polar surface area (TPSA) is 73.7 Å². The first-order valence-electron chi connectivity index (χ1n) is 9.38. The maximum Gasteiger partial charge on any atom is 0.359 e. The molecule has 2 aromatic rings. The van der Waals surface area contributed by atoms with Crippen LogP contribution in [0.3, 0.4) is 0 Å². The van der Waals surface area contributed by atoms with E-state index < -0.39 is 11.6 Å². The van der Waals surface area contributed by atoms with Crippen molar-refractivity contribution < 1.29 is 19.1 Å². The average Bonchev–Trinajstić information content (AvgIpc) is 2.98. The predicted octanol–water partition coefficient (Wildman–Crippen LogP) is 3.56. The lowest BCUT2D eigenvalue weighted by Crippen LogP contribution is -2.40. The van der Waals surface area contributed by atoms with Crippen LogP contribution in [0.2, 0.25) is 0 Å². The van der Waals surface area contributed by atoms with Crippen LogP contribution in [0.1, 0.15) is 50.1 Å². The second-order valence-corrected chi connectivity index (χ2v) is 8.96. The Hall–Kier alpha value is -1.93. The van der Waals surface area contributed by atoms with E-state index in [1.807, 2.05) is 43.7 Å². The van der Waals surface area contributed by atoms with Gasteiger partial charge in [0, 0.05) is 22.9 Å². The summed E-state index contributed by atoms with van der Waals surface area (Å²) in [6.07, 6.45) is 1.69. The highest BCUT2D eigenvalue weighted by atomic mass is 79.9. The van der Waals surface area contributed by atoms with E-state index >= 15 is 0 Å². The summed E-state index contributed by atoms with van der Waals surface area (Å²) in [5.41, 5.74) is 0.770. The molecule has 152 valence electrons. The van der Waals surface area contributed by atoms with Crippen LogP contribution in [0.4, 0.5) is 0 Å². The van der Waals surface area contributed by atoms with Crippen molar-refractivity contribution in [2.45, 2.75) is 45.3 Å². The van der Waals surface area contributed by atoms with Crippen molar-refractivity contribution in [3.63, 3.8) is 0 Å². The van der Waals surface area contributed by atoms with E-state index in [-0.39, 0.29) is 12.0 Å². The summed E-state index contributed by atoms with van der Waals surface area (Å²) >= 11 is 3.45. The van der Waals surface area contributed by atoms with Crippen molar-refractivity contribution in [3.05, 3.63) is 28.4 Å². The molecule has 1 saturated heterocycles. The molecule has 1 aliphatic rings. The van der Waals surface area contributed by atoms with Crippen LogP contribution < -0.4 is 0 Å². The van der Waals surface area contributed by atoms with Crippen molar-refractivity contribution >= 4 is 38.8 Å². The summed E-state index contributed by atoms with van der Waals surface area (Å²) < 4.78 is 13.1. The highest BCUT2D eigenvalue weighted by Crippen LogP contribution is 2.30. The number of hydrogen-bond donors (Lipinski definition) is 0. The smallest absolute Gasteiger partial charge is 0.359 e. The summed E-state index contributed by atoms with van der Waals surface area (Å²) in [6, 6.07) is 5.96. The molecular weight excluding hydrogens is 426 g/mol. The van der Waals surface area contributed by atoms with Crippen LogP contribution in [-0.4, -0.2) is 59.0 Å². The molecule has 0 unspecified atom stereocenters.